The van der Waals surface area contributed by atoms with Gasteiger partial charge in [-0.1, -0.05) is 12.1 Å². The molecule has 0 bridgehead atoms. The van der Waals surface area contributed by atoms with Gasteiger partial charge < -0.3 is 9.84 Å². The quantitative estimate of drug-likeness (QED) is 0.921. The normalized spacial score (nSPS) is 10.1. The second-order valence-corrected chi connectivity index (χ2v) is 4.27. The first-order chi connectivity index (χ1) is 11.3. The van der Waals surface area contributed by atoms with Crippen LogP contribution in [0.2, 0.25) is 0 Å². The minimum absolute atomic E-state index is 0.0441. The molecule has 0 unspecified atom stereocenters. The molecule has 8 heteroatoms. The zero-order valence-corrected chi connectivity index (χ0v) is 12.5. The Bertz CT molecular complexity index is 740. The number of hydrogen-bond acceptors (Lipinski definition) is 4. The fourth-order valence-corrected chi connectivity index (χ4v) is 1.58. The van der Waals surface area contributed by atoms with Crippen LogP contribution in [0.3, 0.4) is 0 Å². The van der Waals surface area contributed by atoms with Gasteiger partial charge in [-0.05, 0) is 31.2 Å². The van der Waals surface area contributed by atoms with Crippen molar-refractivity contribution >= 4 is 5.97 Å². The summed E-state index contributed by atoms with van der Waals surface area (Å²) in [6.45, 7) is 2.29. The number of hydrogen-bond donors (Lipinski definition) is 1. The van der Waals surface area contributed by atoms with Crippen LogP contribution in [-0.4, -0.2) is 22.7 Å². The van der Waals surface area contributed by atoms with Crippen molar-refractivity contribution in [2.45, 2.75) is 13.1 Å². The minimum Gasteiger partial charge on any atom is -0.493 e. The Kier molecular flexibility index (Phi) is 6.74. The van der Waals surface area contributed by atoms with Gasteiger partial charge in [0.05, 0.1) is 18.2 Å². The molecule has 0 aliphatic heterocycles. The number of carboxylic acid groups (broad SMARTS) is 1. The number of ether oxygens (including phenoxy) is 1. The summed E-state index contributed by atoms with van der Waals surface area (Å²) in [4.78, 5) is 13.7. The molecule has 2 rings (SSSR count). The van der Waals surface area contributed by atoms with Crippen molar-refractivity contribution < 1.29 is 27.8 Å². The third kappa shape index (κ3) is 5.61. The Morgan fingerprint density at radius 1 is 1.33 bits per heavy atom. The Morgan fingerprint density at radius 2 is 2.00 bits per heavy atom. The van der Waals surface area contributed by atoms with Crippen molar-refractivity contribution in [1.29, 1.82) is 5.26 Å². The lowest BCUT2D eigenvalue weighted by atomic mass is 10.2. The summed E-state index contributed by atoms with van der Waals surface area (Å²) in [5.74, 6) is -0.536. The number of carboxylic acids is 1. The number of aromatic nitrogens is 1. The molecule has 0 atom stereocenters. The minimum atomic E-state index is -4.48. The summed E-state index contributed by atoms with van der Waals surface area (Å²) in [5, 5.41) is 17.0. The van der Waals surface area contributed by atoms with E-state index in [2.05, 4.69) is 4.98 Å². The van der Waals surface area contributed by atoms with E-state index in [0.29, 0.717) is 18.4 Å². The van der Waals surface area contributed by atoms with Gasteiger partial charge in [-0.3, -0.25) is 4.98 Å². The average Bonchev–Trinajstić information content (AvgIpc) is 2.55. The number of nitrogens with zero attached hydrogens (tertiary/aromatic N) is 2. The maximum absolute atomic E-state index is 11.9. The van der Waals surface area contributed by atoms with Gasteiger partial charge in [-0.15, -0.1) is 0 Å². The van der Waals surface area contributed by atoms with Crippen molar-refractivity contribution in [3.63, 3.8) is 0 Å². The van der Waals surface area contributed by atoms with E-state index >= 15 is 0 Å². The van der Waals surface area contributed by atoms with E-state index in [-0.39, 0.29) is 11.1 Å². The smallest absolute Gasteiger partial charge is 0.433 e. The van der Waals surface area contributed by atoms with E-state index in [1.54, 1.807) is 24.3 Å². The second kappa shape index (κ2) is 8.53. The highest BCUT2D eigenvalue weighted by Crippen LogP contribution is 2.27. The molecule has 0 saturated carbocycles. The van der Waals surface area contributed by atoms with Gasteiger partial charge in [0.1, 0.15) is 17.0 Å². The lowest BCUT2D eigenvalue weighted by Crippen LogP contribution is -2.07. The molecule has 0 saturated heterocycles. The molecule has 5 nitrogen and oxygen atoms in total. The van der Waals surface area contributed by atoms with Crippen LogP contribution in [0.5, 0.6) is 5.75 Å². The van der Waals surface area contributed by atoms with Crippen LogP contribution in [0.15, 0.2) is 42.6 Å². The zero-order chi connectivity index (χ0) is 18.2. The summed E-state index contributed by atoms with van der Waals surface area (Å²) >= 11 is 0. The number of rotatable bonds is 3. The third-order valence-electron chi connectivity index (χ3n) is 2.60. The van der Waals surface area contributed by atoms with Crippen LogP contribution >= 0.6 is 0 Å². The van der Waals surface area contributed by atoms with Gasteiger partial charge in [0.25, 0.3) is 0 Å². The molecule has 0 spiro atoms. The predicted molar refractivity (Wildman–Crippen MR) is 78.5 cm³/mol. The topological polar surface area (TPSA) is 83.2 Å². The predicted octanol–water partition coefficient (Wildman–Crippen LogP) is 3.76. The summed E-state index contributed by atoms with van der Waals surface area (Å²) < 4.78 is 40.9. The summed E-state index contributed by atoms with van der Waals surface area (Å²) in [6, 6.07) is 10.1. The van der Waals surface area contributed by atoms with Crippen molar-refractivity contribution in [2.75, 3.05) is 6.61 Å². The molecule has 126 valence electrons. The molecular weight excluding hydrogens is 325 g/mol. The molecule has 0 fully saturated rings. The zero-order valence-electron chi connectivity index (χ0n) is 12.5. The number of alkyl halides is 3. The molecule has 0 amide bonds. The van der Waals surface area contributed by atoms with E-state index in [0.717, 1.165) is 6.20 Å². The fraction of sp³-hybridized carbons (Fsp3) is 0.188. The van der Waals surface area contributed by atoms with Crippen LogP contribution in [0, 0.1) is 11.3 Å². The van der Waals surface area contributed by atoms with Gasteiger partial charge >= 0.3 is 12.1 Å². The third-order valence-corrected chi connectivity index (χ3v) is 2.60. The Morgan fingerprint density at radius 3 is 2.54 bits per heavy atom. The lowest BCUT2D eigenvalue weighted by molar-refractivity contribution is -0.141. The van der Waals surface area contributed by atoms with Crippen molar-refractivity contribution in [1.82, 2.24) is 4.98 Å². The van der Waals surface area contributed by atoms with Crippen LogP contribution in [0.1, 0.15) is 28.5 Å². The first-order valence-electron chi connectivity index (χ1n) is 6.68. The van der Waals surface area contributed by atoms with Gasteiger partial charge in [0.2, 0.25) is 0 Å². The Labute approximate surface area is 135 Å². The number of nitriles is 1. The van der Waals surface area contributed by atoms with Gasteiger partial charge in [-0.25, -0.2) is 4.79 Å². The number of pyridine rings is 1. The molecule has 1 heterocycles. The van der Waals surface area contributed by atoms with E-state index < -0.39 is 17.8 Å². The van der Waals surface area contributed by atoms with E-state index in [1.165, 1.54) is 12.1 Å². The fourth-order valence-electron chi connectivity index (χ4n) is 1.58. The molecular formula is C16H13F3N2O3. The molecule has 0 aliphatic rings. The van der Waals surface area contributed by atoms with Gasteiger partial charge in [0, 0.05) is 6.20 Å². The van der Waals surface area contributed by atoms with E-state index in [4.69, 9.17) is 15.1 Å². The molecule has 0 radical (unpaired) electrons. The van der Waals surface area contributed by atoms with Crippen LogP contribution in [0.4, 0.5) is 13.2 Å². The maximum Gasteiger partial charge on any atom is 0.433 e. The highest BCUT2D eigenvalue weighted by atomic mass is 19.4. The monoisotopic (exact) mass is 338 g/mol. The standard InChI is InChI=1S/C9H10O3.C7H3F3N2/c1-2-12-8-6-4-3-5-7(8)9(10)11;8-7(9,10)6-3-5(4-11)1-2-12-6/h3-6H,2H2,1H3,(H,10,11);1-3H. The summed E-state index contributed by atoms with van der Waals surface area (Å²) in [5.41, 5.74) is -0.877. The summed E-state index contributed by atoms with van der Waals surface area (Å²) in [6.07, 6.45) is -3.52. The molecule has 1 aromatic carbocycles. The highest BCUT2D eigenvalue weighted by Gasteiger charge is 2.32. The van der Waals surface area contributed by atoms with Gasteiger partial charge in [-0.2, -0.15) is 18.4 Å². The number of aromatic carboxylic acids is 1. The average molecular weight is 338 g/mol. The molecule has 0 aliphatic carbocycles. The van der Waals surface area contributed by atoms with Gasteiger partial charge in [0.15, 0.2) is 0 Å². The number of halogens is 3. The molecule has 1 N–H and O–H groups in total. The first kappa shape index (κ1) is 19.0. The SMILES string of the molecule is CCOc1ccccc1C(=O)O.N#Cc1ccnc(C(F)(F)F)c1. The van der Waals surface area contributed by atoms with Crippen molar-refractivity contribution in [3.05, 3.63) is 59.4 Å². The Hall–Kier alpha value is -3.08. The van der Waals surface area contributed by atoms with Crippen LogP contribution < -0.4 is 4.74 Å². The molecule has 1 aromatic heterocycles. The first-order valence-corrected chi connectivity index (χ1v) is 6.68. The van der Waals surface area contributed by atoms with Crippen LogP contribution in [0.25, 0.3) is 0 Å². The number of benzene rings is 1. The highest BCUT2D eigenvalue weighted by molar-refractivity contribution is 5.90. The largest absolute Gasteiger partial charge is 0.493 e. The van der Waals surface area contributed by atoms with Crippen molar-refractivity contribution in [3.8, 4) is 11.8 Å². The van der Waals surface area contributed by atoms with Crippen molar-refractivity contribution in [2.24, 2.45) is 0 Å². The lowest BCUT2D eigenvalue weighted by Gasteiger charge is -2.05. The van der Waals surface area contributed by atoms with Crippen LogP contribution in [-0.2, 0) is 6.18 Å². The number of para-hydroxylation sites is 1. The molecule has 2 aromatic rings. The maximum atomic E-state index is 11.9. The molecule has 24 heavy (non-hydrogen) atoms. The second-order valence-electron chi connectivity index (χ2n) is 4.27. The summed E-state index contributed by atoms with van der Waals surface area (Å²) in [7, 11) is 0. The number of carbonyl (C=O) groups is 1. The van der Waals surface area contributed by atoms with E-state index in [9.17, 15) is 18.0 Å². The van der Waals surface area contributed by atoms with E-state index in [1.807, 2.05) is 6.92 Å². The Balaban J connectivity index is 0.000000240.